The standard InChI is InChI=1S/C21H16/c1-3-9-16(10-4-1)20-15-18-13-7-8-14-19(18)21(20)17-11-5-2-6-12-17/h1-15,21H/t21-/m1/s1. The Morgan fingerprint density at radius 2 is 1.19 bits per heavy atom. The minimum absolute atomic E-state index is 0.338. The van der Waals surface area contributed by atoms with Gasteiger partial charge in [-0.2, -0.15) is 0 Å². The summed E-state index contributed by atoms with van der Waals surface area (Å²) in [5.41, 5.74) is 6.80. The van der Waals surface area contributed by atoms with Gasteiger partial charge in [0.25, 0.3) is 0 Å². The van der Waals surface area contributed by atoms with Crippen LogP contribution >= 0.6 is 0 Å². The Bertz CT molecular complexity index is 783. The van der Waals surface area contributed by atoms with Gasteiger partial charge in [0.2, 0.25) is 0 Å². The Kier molecular flexibility index (Phi) is 2.93. The van der Waals surface area contributed by atoms with Gasteiger partial charge in [-0.1, -0.05) is 84.9 Å². The molecule has 1 aliphatic carbocycles. The van der Waals surface area contributed by atoms with Gasteiger partial charge in [0.05, 0.1) is 0 Å². The van der Waals surface area contributed by atoms with Crippen molar-refractivity contribution in [3.63, 3.8) is 0 Å². The molecule has 0 unspecified atom stereocenters. The van der Waals surface area contributed by atoms with Crippen molar-refractivity contribution in [2.45, 2.75) is 5.92 Å². The normalized spacial score (nSPS) is 16.4. The van der Waals surface area contributed by atoms with Gasteiger partial charge in [0.15, 0.2) is 0 Å². The van der Waals surface area contributed by atoms with Gasteiger partial charge in [-0.05, 0) is 33.9 Å². The summed E-state index contributed by atoms with van der Waals surface area (Å²) in [4.78, 5) is 0. The number of benzene rings is 3. The summed E-state index contributed by atoms with van der Waals surface area (Å²) in [6, 6.07) is 30.2. The molecule has 0 fully saturated rings. The molecule has 3 aromatic carbocycles. The van der Waals surface area contributed by atoms with Crippen molar-refractivity contribution in [1.82, 2.24) is 0 Å². The highest BCUT2D eigenvalue weighted by Gasteiger charge is 2.26. The fraction of sp³-hybridized carbons (Fsp3) is 0.0476. The van der Waals surface area contributed by atoms with Crippen LogP contribution in [0.2, 0.25) is 0 Å². The van der Waals surface area contributed by atoms with Crippen LogP contribution < -0.4 is 0 Å². The van der Waals surface area contributed by atoms with Crippen LogP contribution in [0.15, 0.2) is 84.9 Å². The second-order valence-corrected chi connectivity index (χ2v) is 5.44. The second kappa shape index (κ2) is 5.06. The maximum absolute atomic E-state index is 2.34. The number of fused-ring (bicyclic) bond motifs is 1. The zero-order valence-corrected chi connectivity index (χ0v) is 11.7. The first kappa shape index (κ1) is 12.2. The topological polar surface area (TPSA) is 0 Å². The predicted molar refractivity (Wildman–Crippen MR) is 89.0 cm³/mol. The number of hydrogen-bond donors (Lipinski definition) is 0. The Balaban J connectivity index is 1.90. The van der Waals surface area contributed by atoms with Gasteiger partial charge in [0.1, 0.15) is 0 Å². The Hall–Kier alpha value is -2.60. The van der Waals surface area contributed by atoms with Crippen molar-refractivity contribution in [3.05, 3.63) is 107 Å². The lowest BCUT2D eigenvalue weighted by Crippen LogP contribution is -2.00. The van der Waals surface area contributed by atoms with E-state index < -0.39 is 0 Å². The van der Waals surface area contributed by atoms with Crippen molar-refractivity contribution >= 4 is 11.6 Å². The van der Waals surface area contributed by atoms with Gasteiger partial charge in [-0.3, -0.25) is 0 Å². The first-order valence-corrected chi connectivity index (χ1v) is 7.34. The molecule has 0 spiro atoms. The molecule has 0 heteroatoms. The highest BCUT2D eigenvalue weighted by Crippen LogP contribution is 2.45. The minimum Gasteiger partial charge on any atom is -0.0622 e. The summed E-state index contributed by atoms with van der Waals surface area (Å²) < 4.78 is 0. The van der Waals surface area contributed by atoms with Crippen LogP contribution in [0.25, 0.3) is 11.6 Å². The number of allylic oxidation sites excluding steroid dienone is 1. The van der Waals surface area contributed by atoms with Crippen molar-refractivity contribution in [2.24, 2.45) is 0 Å². The van der Waals surface area contributed by atoms with Crippen LogP contribution in [0, 0.1) is 0 Å². The van der Waals surface area contributed by atoms with E-state index in [0.717, 1.165) is 0 Å². The molecule has 0 radical (unpaired) electrons. The van der Waals surface area contributed by atoms with Crippen LogP contribution in [0.3, 0.4) is 0 Å². The van der Waals surface area contributed by atoms with E-state index in [0.29, 0.717) is 5.92 Å². The van der Waals surface area contributed by atoms with E-state index >= 15 is 0 Å². The van der Waals surface area contributed by atoms with Crippen molar-refractivity contribution in [1.29, 1.82) is 0 Å². The molecular weight excluding hydrogens is 252 g/mol. The van der Waals surface area contributed by atoms with Gasteiger partial charge in [-0.15, -0.1) is 0 Å². The minimum atomic E-state index is 0.338. The summed E-state index contributed by atoms with van der Waals surface area (Å²) in [6.45, 7) is 0. The molecule has 0 nitrogen and oxygen atoms in total. The molecule has 4 rings (SSSR count). The van der Waals surface area contributed by atoms with Crippen LogP contribution in [0.4, 0.5) is 0 Å². The summed E-state index contributed by atoms with van der Waals surface area (Å²) >= 11 is 0. The molecule has 1 atom stereocenters. The van der Waals surface area contributed by atoms with Crippen molar-refractivity contribution in [3.8, 4) is 0 Å². The average Bonchev–Trinajstić information content (AvgIpc) is 2.96. The zero-order valence-electron chi connectivity index (χ0n) is 11.7. The molecule has 1 aliphatic rings. The molecular formula is C21H16. The Morgan fingerprint density at radius 1 is 0.571 bits per heavy atom. The smallest absolute Gasteiger partial charge is 0.0352 e. The highest BCUT2D eigenvalue weighted by atomic mass is 14.3. The Labute approximate surface area is 125 Å². The van der Waals surface area contributed by atoms with Gasteiger partial charge >= 0.3 is 0 Å². The van der Waals surface area contributed by atoms with Crippen LogP contribution in [-0.4, -0.2) is 0 Å². The van der Waals surface area contributed by atoms with E-state index in [9.17, 15) is 0 Å². The summed E-state index contributed by atoms with van der Waals surface area (Å²) in [5.74, 6) is 0.338. The lowest BCUT2D eigenvalue weighted by Gasteiger charge is -2.18. The molecule has 100 valence electrons. The molecule has 0 heterocycles. The summed E-state index contributed by atoms with van der Waals surface area (Å²) in [7, 11) is 0. The lowest BCUT2D eigenvalue weighted by molar-refractivity contribution is 1.07. The molecule has 0 amide bonds. The van der Waals surface area contributed by atoms with Crippen LogP contribution in [0.5, 0.6) is 0 Å². The van der Waals surface area contributed by atoms with E-state index in [1.54, 1.807) is 0 Å². The van der Waals surface area contributed by atoms with Gasteiger partial charge in [-0.25, -0.2) is 0 Å². The first-order valence-electron chi connectivity index (χ1n) is 7.34. The fourth-order valence-electron chi connectivity index (χ4n) is 3.21. The predicted octanol–water partition coefficient (Wildman–Crippen LogP) is 5.37. The van der Waals surface area contributed by atoms with Crippen LogP contribution in [0.1, 0.15) is 28.2 Å². The quantitative estimate of drug-likeness (QED) is 0.586. The molecule has 0 saturated carbocycles. The third kappa shape index (κ3) is 2.09. The third-order valence-electron chi connectivity index (χ3n) is 4.17. The molecule has 0 aliphatic heterocycles. The molecule has 0 aromatic heterocycles. The molecule has 0 saturated heterocycles. The highest BCUT2D eigenvalue weighted by molar-refractivity contribution is 5.93. The fourth-order valence-corrected chi connectivity index (χ4v) is 3.21. The van der Waals surface area contributed by atoms with E-state index in [1.165, 1.54) is 27.8 Å². The summed E-state index contributed by atoms with van der Waals surface area (Å²) in [5, 5.41) is 0. The van der Waals surface area contributed by atoms with E-state index in [2.05, 4.69) is 91.0 Å². The van der Waals surface area contributed by atoms with Gasteiger partial charge in [0, 0.05) is 5.92 Å². The maximum atomic E-state index is 2.34. The lowest BCUT2D eigenvalue weighted by atomic mass is 9.85. The third-order valence-corrected chi connectivity index (χ3v) is 4.17. The largest absolute Gasteiger partial charge is 0.0622 e. The molecule has 21 heavy (non-hydrogen) atoms. The van der Waals surface area contributed by atoms with Crippen molar-refractivity contribution < 1.29 is 0 Å². The average molecular weight is 268 g/mol. The van der Waals surface area contributed by atoms with E-state index in [-0.39, 0.29) is 0 Å². The number of rotatable bonds is 2. The van der Waals surface area contributed by atoms with Crippen LogP contribution in [-0.2, 0) is 0 Å². The molecule has 3 aromatic rings. The van der Waals surface area contributed by atoms with Gasteiger partial charge < -0.3 is 0 Å². The Morgan fingerprint density at radius 3 is 1.95 bits per heavy atom. The zero-order chi connectivity index (χ0) is 14.1. The number of hydrogen-bond acceptors (Lipinski definition) is 0. The first-order chi connectivity index (χ1) is 10.4. The maximum Gasteiger partial charge on any atom is 0.0352 e. The molecule has 0 N–H and O–H groups in total. The second-order valence-electron chi connectivity index (χ2n) is 5.44. The SMILES string of the molecule is C1=C(c2ccccc2)[C@H](c2ccccc2)c2ccccc21. The summed E-state index contributed by atoms with van der Waals surface area (Å²) in [6.07, 6.45) is 2.34. The van der Waals surface area contributed by atoms with E-state index in [1.807, 2.05) is 0 Å². The monoisotopic (exact) mass is 268 g/mol. The molecule has 0 bridgehead atoms. The van der Waals surface area contributed by atoms with Crippen molar-refractivity contribution in [2.75, 3.05) is 0 Å². The van der Waals surface area contributed by atoms with E-state index in [4.69, 9.17) is 0 Å².